The molecule has 0 aromatic heterocycles. The van der Waals surface area contributed by atoms with Gasteiger partial charge in [0.15, 0.2) is 0 Å². The van der Waals surface area contributed by atoms with Crippen LogP contribution in [0.1, 0.15) is 31.7 Å². The maximum atomic E-state index is 12.4. The third-order valence-electron chi connectivity index (χ3n) is 4.52. The van der Waals surface area contributed by atoms with E-state index in [4.69, 9.17) is 4.74 Å². The number of ether oxygens (including phenoxy) is 1. The molecule has 6 nitrogen and oxygen atoms in total. The van der Waals surface area contributed by atoms with E-state index in [-0.39, 0.29) is 11.9 Å². The van der Waals surface area contributed by atoms with E-state index < -0.39 is 0 Å². The highest BCUT2D eigenvalue weighted by atomic mass is 16.5. The Morgan fingerprint density at radius 1 is 1.15 bits per heavy atom. The van der Waals surface area contributed by atoms with E-state index >= 15 is 0 Å². The Morgan fingerprint density at radius 3 is 2.74 bits per heavy atom. The van der Waals surface area contributed by atoms with E-state index in [9.17, 15) is 9.59 Å². The normalized spacial score (nSPS) is 14.0. The van der Waals surface area contributed by atoms with Crippen LogP contribution in [0.2, 0.25) is 0 Å². The highest BCUT2D eigenvalue weighted by Gasteiger charge is 2.21. The molecule has 1 heterocycles. The van der Waals surface area contributed by atoms with Gasteiger partial charge in [0.1, 0.15) is 5.75 Å². The first-order valence-electron chi connectivity index (χ1n) is 9.29. The van der Waals surface area contributed by atoms with Gasteiger partial charge in [0.25, 0.3) is 0 Å². The molecule has 0 aliphatic carbocycles. The zero-order valence-electron chi connectivity index (χ0n) is 15.7. The second-order valence-corrected chi connectivity index (χ2v) is 6.51. The van der Waals surface area contributed by atoms with Crippen molar-refractivity contribution in [1.82, 2.24) is 0 Å². The lowest BCUT2D eigenvalue weighted by Crippen LogP contribution is -2.35. The number of nitrogens with zero attached hydrogens (tertiary/aromatic N) is 1. The fourth-order valence-electron chi connectivity index (χ4n) is 3.17. The van der Waals surface area contributed by atoms with Crippen LogP contribution in [-0.4, -0.2) is 25.1 Å². The number of benzene rings is 2. The summed E-state index contributed by atoms with van der Waals surface area (Å²) in [5.74, 6) is 0.759. The van der Waals surface area contributed by atoms with Crippen molar-refractivity contribution >= 4 is 29.0 Å². The van der Waals surface area contributed by atoms with Crippen molar-refractivity contribution < 1.29 is 14.3 Å². The average molecular weight is 367 g/mol. The second-order valence-electron chi connectivity index (χ2n) is 6.51. The summed E-state index contributed by atoms with van der Waals surface area (Å²) in [5.41, 5.74) is 3.11. The molecule has 0 unspecified atom stereocenters. The molecule has 0 spiro atoms. The predicted molar refractivity (Wildman–Crippen MR) is 108 cm³/mol. The molecule has 0 atom stereocenters. The molecular formula is C21H25N3O3. The van der Waals surface area contributed by atoms with Gasteiger partial charge in [-0.3, -0.25) is 4.79 Å². The number of hydrogen-bond acceptors (Lipinski definition) is 3. The fourth-order valence-corrected chi connectivity index (χ4v) is 3.17. The lowest BCUT2D eigenvalue weighted by molar-refractivity contribution is -0.119. The van der Waals surface area contributed by atoms with Gasteiger partial charge in [-0.25, -0.2) is 4.79 Å². The van der Waals surface area contributed by atoms with Crippen molar-refractivity contribution in [2.24, 2.45) is 0 Å². The van der Waals surface area contributed by atoms with Gasteiger partial charge < -0.3 is 20.3 Å². The number of amides is 3. The molecule has 1 fully saturated rings. The molecule has 27 heavy (non-hydrogen) atoms. The standard InChI is InChI=1S/C21H25N3O3/c1-3-27-19-9-5-4-8-17(19)23-21(26)22-16-12-11-15(2)18(14-16)24-13-7-6-10-20(24)25/h4-5,8-9,11-12,14H,3,6-7,10,13H2,1-2H3,(H2,22,23,26). The summed E-state index contributed by atoms with van der Waals surface area (Å²) in [6.45, 7) is 5.11. The number of urea groups is 1. The SMILES string of the molecule is CCOc1ccccc1NC(=O)Nc1ccc(C)c(N2CCCCC2=O)c1. The van der Waals surface area contributed by atoms with Gasteiger partial charge in [-0.1, -0.05) is 18.2 Å². The number of aryl methyl sites for hydroxylation is 1. The van der Waals surface area contributed by atoms with Crippen molar-refractivity contribution in [3.63, 3.8) is 0 Å². The van der Waals surface area contributed by atoms with Crippen LogP contribution in [0.4, 0.5) is 21.9 Å². The molecule has 0 bridgehead atoms. The van der Waals surface area contributed by atoms with Crippen LogP contribution in [-0.2, 0) is 4.79 Å². The number of nitrogens with one attached hydrogen (secondary N) is 2. The van der Waals surface area contributed by atoms with E-state index in [2.05, 4.69) is 10.6 Å². The summed E-state index contributed by atoms with van der Waals surface area (Å²) in [4.78, 5) is 26.5. The topological polar surface area (TPSA) is 70.7 Å². The monoisotopic (exact) mass is 367 g/mol. The number of carbonyl (C=O) groups excluding carboxylic acids is 2. The number of hydrogen-bond donors (Lipinski definition) is 2. The quantitative estimate of drug-likeness (QED) is 0.814. The van der Waals surface area contributed by atoms with Gasteiger partial charge >= 0.3 is 6.03 Å². The van der Waals surface area contributed by atoms with Crippen molar-refractivity contribution in [1.29, 1.82) is 0 Å². The molecular weight excluding hydrogens is 342 g/mol. The van der Waals surface area contributed by atoms with E-state index in [1.165, 1.54) is 0 Å². The number of piperidine rings is 1. The Labute approximate surface area is 159 Å². The van der Waals surface area contributed by atoms with Crippen LogP contribution in [0, 0.1) is 6.92 Å². The third kappa shape index (κ3) is 4.58. The lowest BCUT2D eigenvalue weighted by atomic mass is 10.1. The lowest BCUT2D eigenvalue weighted by Gasteiger charge is -2.28. The number of rotatable bonds is 5. The first-order chi connectivity index (χ1) is 13.1. The molecule has 0 radical (unpaired) electrons. The van der Waals surface area contributed by atoms with Crippen LogP contribution >= 0.6 is 0 Å². The molecule has 3 amide bonds. The summed E-state index contributed by atoms with van der Waals surface area (Å²) in [6, 6.07) is 12.5. The van der Waals surface area contributed by atoms with Crippen molar-refractivity contribution in [3.8, 4) is 5.75 Å². The Bertz CT molecular complexity index is 835. The van der Waals surface area contributed by atoms with Gasteiger partial charge in [0.2, 0.25) is 5.91 Å². The first-order valence-corrected chi connectivity index (χ1v) is 9.29. The average Bonchev–Trinajstić information content (AvgIpc) is 2.66. The van der Waals surface area contributed by atoms with Gasteiger partial charge in [-0.05, 0) is 56.5 Å². The minimum absolute atomic E-state index is 0.136. The molecule has 1 saturated heterocycles. The van der Waals surface area contributed by atoms with Crippen LogP contribution < -0.4 is 20.3 Å². The maximum Gasteiger partial charge on any atom is 0.323 e. The van der Waals surface area contributed by atoms with Crippen LogP contribution in [0.3, 0.4) is 0 Å². The van der Waals surface area contributed by atoms with Gasteiger partial charge in [-0.2, -0.15) is 0 Å². The molecule has 1 aliphatic rings. The van der Waals surface area contributed by atoms with E-state index in [1.54, 1.807) is 6.07 Å². The van der Waals surface area contributed by atoms with Crippen LogP contribution in [0.25, 0.3) is 0 Å². The number of anilines is 3. The molecule has 2 aromatic carbocycles. The summed E-state index contributed by atoms with van der Waals surface area (Å²) < 4.78 is 5.53. The van der Waals surface area contributed by atoms with Crippen molar-refractivity contribution in [2.45, 2.75) is 33.1 Å². The molecule has 142 valence electrons. The minimum Gasteiger partial charge on any atom is -0.492 e. The Hall–Kier alpha value is -3.02. The minimum atomic E-state index is -0.359. The zero-order chi connectivity index (χ0) is 19.2. The summed E-state index contributed by atoms with van der Waals surface area (Å²) in [7, 11) is 0. The van der Waals surface area contributed by atoms with Crippen molar-refractivity contribution in [3.05, 3.63) is 48.0 Å². The summed E-state index contributed by atoms with van der Waals surface area (Å²) in [5, 5.41) is 5.65. The highest BCUT2D eigenvalue weighted by molar-refractivity contribution is 6.01. The number of carbonyl (C=O) groups is 2. The molecule has 0 saturated carbocycles. The molecule has 1 aliphatic heterocycles. The zero-order valence-corrected chi connectivity index (χ0v) is 15.7. The molecule has 2 aromatic rings. The highest BCUT2D eigenvalue weighted by Crippen LogP contribution is 2.28. The van der Waals surface area contributed by atoms with Crippen molar-refractivity contribution in [2.75, 3.05) is 28.7 Å². The fraction of sp³-hybridized carbons (Fsp3) is 0.333. The Balaban J connectivity index is 1.73. The van der Waals surface area contributed by atoms with Gasteiger partial charge in [-0.15, -0.1) is 0 Å². The number of para-hydroxylation sites is 2. The van der Waals surface area contributed by atoms with E-state index in [1.807, 2.05) is 55.1 Å². The summed E-state index contributed by atoms with van der Waals surface area (Å²) >= 11 is 0. The predicted octanol–water partition coefficient (Wildman–Crippen LogP) is 4.55. The summed E-state index contributed by atoms with van der Waals surface area (Å²) in [6.07, 6.45) is 2.51. The van der Waals surface area contributed by atoms with Crippen LogP contribution in [0.5, 0.6) is 5.75 Å². The molecule has 2 N–H and O–H groups in total. The largest absolute Gasteiger partial charge is 0.492 e. The third-order valence-corrected chi connectivity index (χ3v) is 4.52. The van der Waals surface area contributed by atoms with E-state index in [0.717, 1.165) is 30.6 Å². The van der Waals surface area contributed by atoms with E-state index in [0.29, 0.717) is 30.2 Å². The maximum absolute atomic E-state index is 12.4. The van der Waals surface area contributed by atoms with Gasteiger partial charge in [0.05, 0.1) is 12.3 Å². The molecule has 6 heteroatoms. The molecule has 3 rings (SSSR count). The second kappa shape index (κ2) is 8.58. The first kappa shape index (κ1) is 18.8. The Kier molecular flexibility index (Phi) is 5.96. The van der Waals surface area contributed by atoms with Gasteiger partial charge in [0, 0.05) is 24.3 Å². The Morgan fingerprint density at radius 2 is 1.96 bits per heavy atom. The smallest absolute Gasteiger partial charge is 0.323 e. The van der Waals surface area contributed by atoms with Crippen LogP contribution in [0.15, 0.2) is 42.5 Å².